The van der Waals surface area contributed by atoms with Gasteiger partial charge >= 0.3 is 12.4 Å². The molecule has 0 radical (unpaired) electrons. The van der Waals surface area contributed by atoms with Crippen molar-refractivity contribution in [2.75, 3.05) is 46.0 Å². The van der Waals surface area contributed by atoms with Gasteiger partial charge in [-0.25, -0.2) is 4.79 Å². The van der Waals surface area contributed by atoms with E-state index in [-0.39, 0.29) is 18.8 Å². The van der Waals surface area contributed by atoms with Gasteiger partial charge in [0.05, 0.1) is 19.8 Å². The van der Waals surface area contributed by atoms with Crippen molar-refractivity contribution in [2.45, 2.75) is 23.9 Å². The van der Waals surface area contributed by atoms with Crippen molar-refractivity contribution in [2.24, 2.45) is 0 Å². The number of amides is 4. The van der Waals surface area contributed by atoms with Crippen molar-refractivity contribution < 1.29 is 46.5 Å². The quantitative estimate of drug-likeness (QED) is 0.491. The Hall–Kier alpha value is -4.14. The number of carbonyl (C=O) groups excluding carboxylic acids is 3. The SMILES string of the molecule is O=C1NC(=O)C(c2ccc(Oc3ccc(OC(F)(F)F)cc3)cc2)(N2CC3(CN(/C=C4/CCOC4)CCO3)C2)C(=O)N1. The van der Waals surface area contributed by atoms with E-state index in [0.29, 0.717) is 44.2 Å². The highest BCUT2D eigenvalue weighted by Gasteiger charge is 2.63. The van der Waals surface area contributed by atoms with Gasteiger partial charge in [-0.15, -0.1) is 13.2 Å². The molecule has 1 spiro atoms. The van der Waals surface area contributed by atoms with Crippen LogP contribution in [-0.4, -0.2) is 85.6 Å². The molecule has 4 amide bonds. The molecule has 2 aromatic rings. The number of benzene rings is 2. The third-order valence-electron chi connectivity index (χ3n) is 7.61. The summed E-state index contributed by atoms with van der Waals surface area (Å²) >= 11 is 0. The van der Waals surface area contributed by atoms with Gasteiger partial charge in [0.25, 0.3) is 11.8 Å². The predicted octanol–water partition coefficient (Wildman–Crippen LogP) is 2.63. The summed E-state index contributed by atoms with van der Waals surface area (Å²) in [4.78, 5) is 42.7. The van der Waals surface area contributed by atoms with Crippen LogP contribution < -0.4 is 20.1 Å². The molecule has 4 aliphatic heterocycles. The van der Waals surface area contributed by atoms with Gasteiger partial charge in [0.15, 0.2) is 0 Å². The number of halogens is 3. The lowest BCUT2D eigenvalue weighted by Crippen LogP contribution is -2.80. The van der Waals surface area contributed by atoms with E-state index in [2.05, 4.69) is 26.5 Å². The van der Waals surface area contributed by atoms with Crippen LogP contribution in [0.25, 0.3) is 0 Å². The summed E-state index contributed by atoms with van der Waals surface area (Å²) in [6.45, 7) is 3.61. The number of nitrogens with one attached hydrogen (secondary N) is 2. The fourth-order valence-corrected chi connectivity index (χ4v) is 5.76. The Morgan fingerprint density at radius 2 is 1.48 bits per heavy atom. The van der Waals surface area contributed by atoms with Crippen LogP contribution in [0.15, 0.2) is 60.3 Å². The van der Waals surface area contributed by atoms with E-state index in [4.69, 9.17) is 14.2 Å². The number of nitrogens with zero attached hydrogens (tertiary/aromatic N) is 2. The third-order valence-corrected chi connectivity index (χ3v) is 7.61. The van der Waals surface area contributed by atoms with E-state index in [9.17, 15) is 27.6 Å². The fourth-order valence-electron chi connectivity index (χ4n) is 5.76. The van der Waals surface area contributed by atoms with Crippen LogP contribution in [0.4, 0.5) is 18.0 Å². The second-order valence-electron chi connectivity index (χ2n) is 10.5. The van der Waals surface area contributed by atoms with Crippen molar-refractivity contribution in [1.29, 1.82) is 0 Å². The number of morpholine rings is 1. The van der Waals surface area contributed by atoms with Gasteiger partial charge in [0, 0.05) is 32.4 Å². The zero-order chi connectivity index (χ0) is 29.5. The molecule has 0 aliphatic carbocycles. The second-order valence-corrected chi connectivity index (χ2v) is 10.5. The maximum absolute atomic E-state index is 13.4. The molecule has 4 fully saturated rings. The summed E-state index contributed by atoms with van der Waals surface area (Å²) in [5.74, 6) is -1.40. The Kier molecular flexibility index (Phi) is 7.07. The molecule has 14 heteroatoms. The number of barbiturate groups is 1. The van der Waals surface area contributed by atoms with E-state index in [1.165, 1.54) is 42.0 Å². The number of ether oxygens (including phenoxy) is 4. The lowest BCUT2D eigenvalue weighted by Gasteiger charge is -2.59. The first kappa shape index (κ1) is 28.0. The van der Waals surface area contributed by atoms with Crippen molar-refractivity contribution in [3.63, 3.8) is 0 Å². The van der Waals surface area contributed by atoms with Crippen molar-refractivity contribution in [3.05, 3.63) is 65.9 Å². The van der Waals surface area contributed by atoms with E-state index in [1.54, 1.807) is 4.90 Å². The Morgan fingerprint density at radius 1 is 0.857 bits per heavy atom. The molecule has 4 aliphatic rings. The summed E-state index contributed by atoms with van der Waals surface area (Å²) in [5.41, 5.74) is -0.928. The smallest absolute Gasteiger partial charge is 0.457 e. The van der Waals surface area contributed by atoms with E-state index in [0.717, 1.165) is 18.6 Å². The Bertz CT molecular complexity index is 1380. The first-order valence-corrected chi connectivity index (χ1v) is 13.3. The maximum atomic E-state index is 13.4. The summed E-state index contributed by atoms with van der Waals surface area (Å²) in [6, 6.07) is 10.1. The minimum Gasteiger partial charge on any atom is -0.457 e. The average molecular weight is 589 g/mol. The highest BCUT2D eigenvalue weighted by atomic mass is 19.4. The molecule has 0 bridgehead atoms. The lowest BCUT2D eigenvalue weighted by atomic mass is 9.78. The second kappa shape index (κ2) is 10.6. The van der Waals surface area contributed by atoms with Gasteiger partial charge in [-0.2, -0.15) is 0 Å². The number of likely N-dealkylation sites (tertiary alicyclic amines) is 1. The largest absolute Gasteiger partial charge is 0.573 e. The lowest BCUT2D eigenvalue weighted by molar-refractivity contribution is -0.274. The summed E-state index contributed by atoms with van der Waals surface area (Å²) in [6.07, 6.45) is -1.83. The molecule has 222 valence electrons. The molecule has 4 saturated heterocycles. The predicted molar refractivity (Wildman–Crippen MR) is 138 cm³/mol. The van der Waals surface area contributed by atoms with Gasteiger partial charge in [-0.1, -0.05) is 12.1 Å². The highest BCUT2D eigenvalue weighted by molar-refractivity contribution is 6.22. The van der Waals surface area contributed by atoms with Gasteiger partial charge in [0.2, 0.25) is 5.54 Å². The zero-order valence-electron chi connectivity index (χ0n) is 22.2. The number of imide groups is 2. The number of rotatable bonds is 6. The molecule has 42 heavy (non-hydrogen) atoms. The zero-order valence-corrected chi connectivity index (χ0v) is 22.2. The monoisotopic (exact) mass is 588 g/mol. The molecule has 11 nitrogen and oxygen atoms in total. The van der Waals surface area contributed by atoms with Crippen LogP contribution in [-0.2, 0) is 24.6 Å². The molecule has 0 unspecified atom stereocenters. The number of carbonyl (C=O) groups is 3. The molecule has 0 saturated carbocycles. The number of hydrogen-bond donors (Lipinski definition) is 2. The summed E-state index contributed by atoms with van der Waals surface area (Å²) < 4.78 is 58.4. The fraction of sp³-hybridized carbons (Fsp3) is 0.393. The van der Waals surface area contributed by atoms with Crippen LogP contribution in [0.5, 0.6) is 17.2 Å². The molecule has 4 heterocycles. The Labute approximate surface area is 238 Å². The van der Waals surface area contributed by atoms with Gasteiger partial charge in [-0.05, 0) is 54.0 Å². The molecule has 2 N–H and O–H groups in total. The summed E-state index contributed by atoms with van der Waals surface area (Å²) in [7, 11) is 0. The van der Waals surface area contributed by atoms with Gasteiger partial charge in [-0.3, -0.25) is 25.1 Å². The number of alkyl halides is 3. The van der Waals surface area contributed by atoms with Crippen LogP contribution >= 0.6 is 0 Å². The van der Waals surface area contributed by atoms with E-state index >= 15 is 0 Å². The molecular formula is C28H27F3N4O7. The number of urea groups is 1. The van der Waals surface area contributed by atoms with E-state index in [1.807, 2.05) is 0 Å². The van der Waals surface area contributed by atoms with Crippen molar-refractivity contribution in [1.82, 2.24) is 20.4 Å². The molecule has 0 atom stereocenters. The topological polar surface area (TPSA) is 119 Å². The molecule has 0 aromatic heterocycles. The highest BCUT2D eigenvalue weighted by Crippen LogP contribution is 2.42. The molecular weight excluding hydrogens is 561 g/mol. The number of hydrogen-bond acceptors (Lipinski definition) is 9. The van der Waals surface area contributed by atoms with Gasteiger partial charge < -0.3 is 23.8 Å². The van der Waals surface area contributed by atoms with Crippen LogP contribution in [0.2, 0.25) is 0 Å². The Morgan fingerprint density at radius 3 is 2.07 bits per heavy atom. The maximum Gasteiger partial charge on any atom is 0.573 e. The average Bonchev–Trinajstić information content (AvgIpc) is 3.42. The van der Waals surface area contributed by atoms with Crippen LogP contribution in [0.1, 0.15) is 12.0 Å². The van der Waals surface area contributed by atoms with Crippen LogP contribution in [0.3, 0.4) is 0 Å². The first-order valence-electron chi connectivity index (χ1n) is 13.3. The minimum atomic E-state index is -4.81. The van der Waals surface area contributed by atoms with Crippen molar-refractivity contribution in [3.8, 4) is 17.2 Å². The third kappa shape index (κ3) is 5.40. The molecule has 6 rings (SSSR count). The normalized spacial score (nSPS) is 23.0. The molecule has 2 aromatic carbocycles. The first-order chi connectivity index (χ1) is 20.0. The van der Waals surface area contributed by atoms with Crippen molar-refractivity contribution >= 4 is 17.8 Å². The van der Waals surface area contributed by atoms with E-state index < -0.39 is 41.1 Å². The standard InChI is InChI=1S/C28H27F3N4O7/c29-28(30,31)42-22-7-5-21(6-8-22)41-20-3-1-19(2-4-20)27(23(36)32-25(38)33-24(27)37)35-16-26(17-35)15-34(10-12-40-26)13-18-9-11-39-14-18/h1-8,13H,9-12,14-17H2,(H2,32,33,36,37,38)/b18-13-. The minimum absolute atomic E-state index is 0.244. The van der Waals surface area contributed by atoms with Gasteiger partial charge in [0.1, 0.15) is 22.8 Å². The van der Waals surface area contributed by atoms with Crippen LogP contribution in [0, 0.1) is 0 Å². The Balaban J connectivity index is 1.20. The summed E-state index contributed by atoms with van der Waals surface area (Å²) in [5, 5.41) is 4.45.